The molecule has 1 saturated heterocycles. The Kier molecular flexibility index (Phi) is 3.01. The molecule has 0 radical (unpaired) electrons. The van der Waals surface area contributed by atoms with Crippen molar-refractivity contribution < 1.29 is 9.90 Å². The summed E-state index contributed by atoms with van der Waals surface area (Å²) in [7, 11) is 0. The van der Waals surface area contributed by atoms with E-state index in [0.717, 1.165) is 24.5 Å². The fraction of sp³-hybridized carbons (Fsp3) is 0.571. The number of hydrogen-bond acceptors (Lipinski definition) is 4. The van der Waals surface area contributed by atoms with Crippen molar-refractivity contribution in [3.8, 4) is 0 Å². The molecule has 2 aromatic heterocycles. The van der Waals surface area contributed by atoms with Gasteiger partial charge >= 0.3 is 5.97 Å². The summed E-state index contributed by atoms with van der Waals surface area (Å²) < 4.78 is 1.67. The summed E-state index contributed by atoms with van der Waals surface area (Å²) in [5, 5.41) is 11.3. The predicted octanol–water partition coefficient (Wildman–Crippen LogP) is 2.97. The molecule has 0 spiro atoms. The van der Waals surface area contributed by atoms with E-state index in [-0.39, 0.29) is 11.1 Å². The Bertz CT molecular complexity index is 653. The second-order valence-electron chi connectivity index (χ2n) is 6.44. The molecular formula is C14H19N3O2S. The number of imidazole rings is 1. The van der Waals surface area contributed by atoms with E-state index < -0.39 is 5.97 Å². The molecule has 1 fully saturated rings. The number of rotatable bonds is 2. The number of thiazole rings is 1. The van der Waals surface area contributed by atoms with Crippen LogP contribution in [0.3, 0.4) is 0 Å². The Balaban J connectivity index is 1.97. The van der Waals surface area contributed by atoms with Gasteiger partial charge in [0.1, 0.15) is 0 Å². The van der Waals surface area contributed by atoms with E-state index in [1.54, 1.807) is 10.6 Å². The average Bonchev–Trinajstić information content (AvgIpc) is 3.01. The lowest BCUT2D eigenvalue weighted by Crippen LogP contribution is -2.27. The van der Waals surface area contributed by atoms with Crippen LogP contribution in [0.15, 0.2) is 11.6 Å². The van der Waals surface area contributed by atoms with Crippen LogP contribution < -0.4 is 4.90 Å². The van der Waals surface area contributed by atoms with Crippen molar-refractivity contribution in [2.75, 3.05) is 18.0 Å². The lowest BCUT2D eigenvalue weighted by molar-refractivity contribution is 0.0690. The minimum absolute atomic E-state index is 0.245. The normalized spacial score (nSPS) is 19.9. The standard InChI is InChI=1S/C14H19N3O2S/c1-14(2,3)9-4-5-16(8-9)11-10(12(18)19)17-6-7-20-13(17)15-11/h6-7,9H,4-5,8H2,1-3H3,(H,18,19). The van der Waals surface area contributed by atoms with E-state index in [9.17, 15) is 9.90 Å². The monoisotopic (exact) mass is 293 g/mol. The van der Waals surface area contributed by atoms with Gasteiger partial charge in [0.2, 0.25) is 0 Å². The molecule has 0 amide bonds. The summed E-state index contributed by atoms with van der Waals surface area (Å²) in [6, 6.07) is 0. The van der Waals surface area contributed by atoms with Crippen LogP contribution in [0.1, 0.15) is 37.7 Å². The second-order valence-corrected chi connectivity index (χ2v) is 7.32. The van der Waals surface area contributed by atoms with Gasteiger partial charge in [-0.05, 0) is 17.8 Å². The largest absolute Gasteiger partial charge is 0.476 e. The Morgan fingerprint density at radius 1 is 1.50 bits per heavy atom. The molecule has 0 saturated carbocycles. The first-order valence-corrected chi connectivity index (χ1v) is 7.69. The Labute approximate surface area is 121 Å². The lowest BCUT2D eigenvalue weighted by Gasteiger charge is -2.27. The van der Waals surface area contributed by atoms with E-state index >= 15 is 0 Å². The number of carboxylic acids is 1. The average molecular weight is 293 g/mol. The highest BCUT2D eigenvalue weighted by atomic mass is 32.1. The highest BCUT2D eigenvalue weighted by Crippen LogP contribution is 2.36. The van der Waals surface area contributed by atoms with Gasteiger partial charge in [0, 0.05) is 24.7 Å². The van der Waals surface area contributed by atoms with E-state index in [0.29, 0.717) is 11.7 Å². The zero-order chi connectivity index (χ0) is 14.5. The number of carboxylic acid groups (broad SMARTS) is 1. The van der Waals surface area contributed by atoms with Gasteiger partial charge < -0.3 is 10.0 Å². The molecule has 1 atom stereocenters. The topological polar surface area (TPSA) is 57.8 Å². The van der Waals surface area contributed by atoms with Gasteiger partial charge in [-0.25, -0.2) is 9.78 Å². The fourth-order valence-corrected chi connectivity index (χ4v) is 3.56. The molecule has 3 heterocycles. The SMILES string of the molecule is CC(C)(C)C1CCN(c2nc3sccn3c2C(=O)O)C1. The summed E-state index contributed by atoms with van der Waals surface area (Å²) >= 11 is 1.47. The Morgan fingerprint density at radius 2 is 2.25 bits per heavy atom. The number of carbonyl (C=O) groups is 1. The zero-order valence-electron chi connectivity index (χ0n) is 12.0. The smallest absolute Gasteiger partial charge is 0.356 e. The number of anilines is 1. The highest BCUT2D eigenvalue weighted by Gasteiger charge is 2.35. The minimum Gasteiger partial charge on any atom is -0.476 e. The third-order valence-corrected chi connectivity index (χ3v) is 4.92. The molecule has 1 N–H and O–H groups in total. The van der Waals surface area contributed by atoms with Crippen molar-refractivity contribution in [3.05, 3.63) is 17.3 Å². The van der Waals surface area contributed by atoms with Crippen LogP contribution >= 0.6 is 11.3 Å². The summed E-state index contributed by atoms with van der Waals surface area (Å²) in [5.41, 5.74) is 0.533. The molecule has 0 aliphatic carbocycles. The minimum atomic E-state index is -0.912. The van der Waals surface area contributed by atoms with E-state index in [1.165, 1.54) is 11.3 Å². The molecule has 20 heavy (non-hydrogen) atoms. The first-order chi connectivity index (χ1) is 9.38. The van der Waals surface area contributed by atoms with Crippen LogP contribution in [0.4, 0.5) is 5.82 Å². The zero-order valence-corrected chi connectivity index (χ0v) is 12.8. The summed E-state index contributed by atoms with van der Waals surface area (Å²) in [6.45, 7) is 8.49. The van der Waals surface area contributed by atoms with Crippen molar-refractivity contribution in [3.63, 3.8) is 0 Å². The molecule has 1 aliphatic rings. The van der Waals surface area contributed by atoms with Gasteiger partial charge in [-0.1, -0.05) is 20.8 Å². The van der Waals surface area contributed by atoms with Crippen LogP contribution in [-0.4, -0.2) is 33.6 Å². The van der Waals surface area contributed by atoms with Gasteiger partial charge in [0.25, 0.3) is 0 Å². The molecule has 6 heteroatoms. The first kappa shape index (κ1) is 13.4. The van der Waals surface area contributed by atoms with Crippen molar-refractivity contribution in [1.82, 2.24) is 9.38 Å². The summed E-state index contributed by atoms with van der Waals surface area (Å²) in [6.07, 6.45) is 2.87. The molecule has 108 valence electrons. The van der Waals surface area contributed by atoms with Crippen molar-refractivity contribution in [2.45, 2.75) is 27.2 Å². The molecule has 5 nitrogen and oxygen atoms in total. The fourth-order valence-electron chi connectivity index (χ4n) is 2.85. The molecule has 2 aromatic rings. The van der Waals surface area contributed by atoms with E-state index in [4.69, 9.17) is 0 Å². The van der Waals surface area contributed by atoms with Gasteiger partial charge in [0.15, 0.2) is 16.5 Å². The quantitative estimate of drug-likeness (QED) is 0.925. The number of hydrogen-bond donors (Lipinski definition) is 1. The molecule has 0 bridgehead atoms. The third kappa shape index (κ3) is 2.08. The Morgan fingerprint density at radius 3 is 2.85 bits per heavy atom. The van der Waals surface area contributed by atoms with Crippen LogP contribution in [0.25, 0.3) is 4.96 Å². The molecular weight excluding hydrogens is 274 g/mol. The van der Waals surface area contributed by atoms with Gasteiger partial charge in [-0.3, -0.25) is 4.40 Å². The number of fused-ring (bicyclic) bond motifs is 1. The van der Waals surface area contributed by atoms with E-state index in [2.05, 4.69) is 30.7 Å². The Hall–Kier alpha value is -1.56. The van der Waals surface area contributed by atoms with Gasteiger partial charge in [-0.2, -0.15) is 0 Å². The maximum atomic E-state index is 11.5. The van der Waals surface area contributed by atoms with Crippen LogP contribution in [0.2, 0.25) is 0 Å². The van der Waals surface area contributed by atoms with Crippen molar-refractivity contribution in [1.29, 1.82) is 0 Å². The van der Waals surface area contributed by atoms with Crippen molar-refractivity contribution >= 4 is 28.1 Å². The maximum absolute atomic E-state index is 11.5. The van der Waals surface area contributed by atoms with Crippen LogP contribution in [0.5, 0.6) is 0 Å². The van der Waals surface area contributed by atoms with E-state index in [1.807, 2.05) is 5.38 Å². The number of nitrogens with zero attached hydrogens (tertiary/aromatic N) is 3. The highest BCUT2D eigenvalue weighted by molar-refractivity contribution is 7.15. The molecule has 1 aliphatic heterocycles. The van der Waals surface area contributed by atoms with Crippen LogP contribution in [-0.2, 0) is 0 Å². The second kappa shape index (κ2) is 4.48. The first-order valence-electron chi connectivity index (χ1n) is 6.81. The lowest BCUT2D eigenvalue weighted by atomic mass is 9.80. The number of aromatic nitrogens is 2. The summed E-state index contributed by atoms with van der Waals surface area (Å²) in [5.74, 6) is 0.282. The molecule has 3 rings (SSSR count). The maximum Gasteiger partial charge on any atom is 0.356 e. The van der Waals surface area contributed by atoms with Gasteiger partial charge in [-0.15, -0.1) is 11.3 Å². The molecule has 1 unspecified atom stereocenters. The predicted molar refractivity (Wildman–Crippen MR) is 79.8 cm³/mol. The van der Waals surface area contributed by atoms with Gasteiger partial charge in [0.05, 0.1) is 0 Å². The molecule has 0 aromatic carbocycles. The third-order valence-electron chi connectivity index (χ3n) is 4.16. The number of aromatic carboxylic acids is 1. The van der Waals surface area contributed by atoms with Crippen molar-refractivity contribution in [2.24, 2.45) is 11.3 Å². The summed E-state index contributed by atoms with van der Waals surface area (Å²) in [4.78, 5) is 18.9. The van der Waals surface area contributed by atoms with Crippen LogP contribution in [0, 0.1) is 11.3 Å².